The van der Waals surface area contributed by atoms with Gasteiger partial charge in [-0.1, -0.05) is 30.3 Å². The molecule has 0 bridgehead atoms. The van der Waals surface area contributed by atoms with Crippen molar-refractivity contribution in [3.63, 3.8) is 0 Å². The van der Waals surface area contributed by atoms with Crippen molar-refractivity contribution in [1.29, 1.82) is 0 Å². The van der Waals surface area contributed by atoms with Crippen LogP contribution in [-0.2, 0) is 22.4 Å². The van der Waals surface area contributed by atoms with Crippen LogP contribution in [0.15, 0.2) is 67.0 Å². The summed E-state index contributed by atoms with van der Waals surface area (Å²) < 4.78 is 6.21. The van der Waals surface area contributed by atoms with Crippen LogP contribution in [0.1, 0.15) is 47.2 Å². The number of carbonyl (C=O) groups excluding carboxylic acids is 1. The van der Waals surface area contributed by atoms with E-state index in [0.29, 0.717) is 12.3 Å². The van der Waals surface area contributed by atoms with Gasteiger partial charge in [-0.2, -0.15) is 0 Å². The van der Waals surface area contributed by atoms with E-state index in [4.69, 9.17) is 4.74 Å². The fraction of sp³-hybridized carbons (Fsp3) is 0.333. The van der Waals surface area contributed by atoms with Crippen LogP contribution in [0, 0.1) is 5.92 Å². The summed E-state index contributed by atoms with van der Waals surface area (Å²) in [5.74, 6) is 0.546. The largest absolute Gasteiger partial charge is 0.378 e. The van der Waals surface area contributed by atoms with Gasteiger partial charge in [0.2, 0.25) is 5.91 Å². The number of hydrogen-bond donors (Lipinski definition) is 1. The molecule has 4 heterocycles. The van der Waals surface area contributed by atoms with Gasteiger partial charge in [0.15, 0.2) is 0 Å². The molecule has 5 heteroatoms. The summed E-state index contributed by atoms with van der Waals surface area (Å²) in [7, 11) is 0. The number of rotatable bonds is 3. The lowest BCUT2D eigenvalue weighted by Crippen LogP contribution is -2.36. The van der Waals surface area contributed by atoms with Crippen LogP contribution >= 0.6 is 0 Å². The molecule has 1 N–H and O–H groups in total. The Bertz CT molecular complexity index is 1150. The molecule has 3 aromatic rings. The standard InChI is InChI=1S/C27H27N3O2/c31-25(30-14-3-5-19-4-1-2-6-24(19)30)17-18-7-8-23-22(16-18)27-21(11-15-32-27)26(29-23)20-9-12-28-13-10-20/h1-2,4,6-10,12-13,16,21,26-27,29H,3,5,11,14-15,17H2. The van der Waals surface area contributed by atoms with Crippen molar-refractivity contribution >= 4 is 17.3 Å². The van der Waals surface area contributed by atoms with Gasteiger partial charge in [-0.05, 0) is 60.2 Å². The first kappa shape index (κ1) is 19.5. The van der Waals surface area contributed by atoms with Gasteiger partial charge in [0, 0.05) is 48.4 Å². The number of para-hydroxylation sites is 1. The Morgan fingerprint density at radius 1 is 1.12 bits per heavy atom. The maximum atomic E-state index is 13.2. The summed E-state index contributed by atoms with van der Waals surface area (Å²) in [5.41, 5.74) is 6.93. The zero-order valence-corrected chi connectivity index (χ0v) is 18.0. The number of aryl methyl sites for hydroxylation is 1. The highest BCUT2D eigenvalue weighted by molar-refractivity contribution is 5.96. The molecule has 0 radical (unpaired) electrons. The molecule has 3 aliphatic rings. The number of carbonyl (C=O) groups is 1. The number of ether oxygens (including phenoxy) is 1. The van der Waals surface area contributed by atoms with Gasteiger partial charge in [0.05, 0.1) is 18.6 Å². The Morgan fingerprint density at radius 3 is 2.91 bits per heavy atom. The maximum Gasteiger partial charge on any atom is 0.231 e. The molecule has 1 aromatic heterocycles. The minimum atomic E-state index is 0.0650. The molecule has 6 rings (SSSR count). The van der Waals surface area contributed by atoms with Gasteiger partial charge in [-0.25, -0.2) is 0 Å². The predicted octanol–water partition coefficient (Wildman–Crippen LogP) is 4.85. The van der Waals surface area contributed by atoms with Crippen LogP contribution in [0.5, 0.6) is 0 Å². The molecule has 1 fully saturated rings. The number of pyridine rings is 1. The molecule has 0 saturated carbocycles. The highest BCUT2D eigenvalue weighted by Gasteiger charge is 2.41. The van der Waals surface area contributed by atoms with Gasteiger partial charge >= 0.3 is 0 Å². The summed E-state index contributed by atoms with van der Waals surface area (Å²) in [6.45, 7) is 1.57. The average molecular weight is 426 g/mol. The third-order valence-electron chi connectivity index (χ3n) is 7.13. The normalized spacial score (nSPS) is 23.6. The summed E-state index contributed by atoms with van der Waals surface area (Å²) in [4.78, 5) is 19.4. The Balaban J connectivity index is 1.26. The van der Waals surface area contributed by atoms with Crippen molar-refractivity contribution in [2.24, 2.45) is 5.92 Å². The fourth-order valence-electron chi connectivity index (χ4n) is 5.60. The summed E-state index contributed by atoms with van der Waals surface area (Å²) >= 11 is 0. The maximum absolute atomic E-state index is 13.2. The van der Waals surface area contributed by atoms with Crippen LogP contribution < -0.4 is 10.2 Å². The molecule has 0 spiro atoms. The second kappa shape index (κ2) is 8.06. The van der Waals surface area contributed by atoms with Crippen LogP contribution in [0.2, 0.25) is 0 Å². The number of hydrogen-bond acceptors (Lipinski definition) is 4. The highest BCUT2D eigenvalue weighted by atomic mass is 16.5. The molecule has 1 saturated heterocycles. The number of benzene rings is 2. The molecule has 162 valence electrons. The number of nitrogens with one attached hydrogen (secondary N) is 1. The lowest BCUT2D eigenvalue weighted by atomic mass is 9.80. The molecule has 1 amide bonds. The average Bonchev–Trinajstić information content (AvgIpc) is 3.34. The lowest BCUT2D eigenvalue weighted by molar-refractivity contribution is -0.118. The van der Waals surface area contributed by atoms with Crippen molar-refractivity contribution < 1.29 is 9.53 Å². The first-order valence-electron chi connectivity index (χ1n) is 11.6. The highest BCUT2D eigenvalue weighted by Crippen LogP contribution is 2.50. The lowest BCUT2D eigenvalue weighted by Gasteiger charge is -2.36. The monoisotopic (exact) mass is 425 g/mol. The minimum Gasteiger partial charge on any atom is -0.378 e. The van der Waals surface area contributed by atoms with E-state index in [0.717, 1.165) is 49.4 Å². The van der Waals surface area contributed by atoms with E-state index in [1.54, 1.807) is 0 Å². The smallest absolute Gasteiger partial charge is 0.231 e. The number of amides is 1. The third-order valence-corrected chi connectivity index (χ3v) is 7.13. The van der Waals surface area contributed by atoms with Crippen molar-refractivity contribution in [3.8, 4) is 0 Å². The quantitative estimate of drug-likeness (QED) is 0.652. The molecule has 5 nitrogen and oxygen atoms in total. The van der Waals surface area contributed by atoms with Crippen molar-refractivity contribution in [3.05, 3.63) is 89.2 Å². The molecule has 32 heavy (non-hydrogen) atoms. The van der Waals surface area contributed by atoms with E-state index in [-0.39, 0.29) is 18.1 Å². The van der Waals surface area contributed by atoms with Crippen LogP contribution in [0.4, 0.5) is 11.4 Å². The number of nitrogens with zero attached hydrogens (tertiary/aromatic N) is 2. The first-order valence-corrected chi connectivity index (χ1v) is 11.6. The molecule has 3 aliphatic heterocycles. The fourth-order valence-corrected chi connectivity index (χ4v) is 5.60. The summed E-state index contributed by atoms with van der Waals surface area (Å²) in [5, 5.41) is 3.74. The topological polar surface area (TPSA) is 54.5 Å². The van der Waals surface area contributed by atoms with Gasteiger partial charge in [0.1, 0.15) is 0 Å². The van der Waals surface area contributed by atoms with Crippen molar-refractivity contribution in [1.82, 2.24) is 4.98 Å². The number of fused-ring (bicyclic) bond motifs is 4. The zero-order chi connectivity index (χ0) is 21.5. The second-order valence-corrected chi connectivity index (χ2v) is 9.02. The van der Waals surface area contributed by atoms with Crippen LogP contribution in [0.3, 0.4) is 0 Å². The van der Waals surface area contributed by atoms with Crippen LogP contribution in [0.25, 0.3) is 0 Å². The zero-order valence-electron chi connectivity index (χ0n) is 18.0. The summed E-state index contributed by atoms with van der Waals surface area (Å²) in [6, 6.07) is 19.1. The SMILES string of the molecule is O=C(Cc1ccc2c(c1)C1OCCC1C(c1ccncc1)N2)N1CCCc2ccccc21. The van der Waals surface area contributed by atoms with Gasteiger partial charge < -0.3 is 15.0 Å². The Labute approximate surface area is 188 Å². The van der Waals surface area contributed by atoms with E-state index >= 15 is 0 Å². The van der Waals surface area contributed by atoms with Gasteiger partial charge in [-0.3, -0.25) is 9.78 Å². The number of anilines is 2. The predicted molar refractivity (Wildman–Crippen MR) is 125 cm³/mol. The molecule has 0 aliphatic carbocycles. The van der Waals surface area contributed by atoms with E-state index in [2.05, 4.69) is 58.8 Å². The Kier molecular flexibility index (Phi) is 4.91. The molecular weight excluding hydrogens is 398 g/mol. The van der Waals surface area contributed by atoms with E-state index in [1.165, 1.54) is 16.7 Å². The van der Waals surface area contributed by atoms with E-state index in [1.807, 2.05) is 23.4 Å². The minimum absolute atomic E-state index is 0.0650. The van der Waals surface area contributed by atoms with Crippen LogP contribution in [-0.4, -0.2) is 24.0 Å². The second-order valence-electron chi connectivity index (χ2n) is 9.02. The van der Waals surface area contributed by atoms with Gasteiger partial charge in [-0.15, -0.1) is 0 Å². The van der Waals surface area contributed by atoms with E-state index < -0.39 is 0 Å². The first-order chi connectivity index (χ1) is 15.8. The van der Waals surface area contributed by atoms with Gasteiger partial charge in [0.25, 0.3) is 0 Å². The summed E-state index contributed by atoms with van der Waals surface area (Å²) in [6.07, 6.45) is 7.27. The Hall–Kier alpha value is -3.18. The Morgan fingerprint density at radius 2 is 2.00 bits per heavy atom. The van der Waals surface area contributed by atoms with E-state index in [9.17, 15) is 4.79 Å². The molecule has 3 unspecified atom stereocenters. The molecular formula is C27H27N3O2. The molecule has 3 atom stereocenters. The third kappa shape index (κ3) is 3.37. The molecule has 2 aromatic carbocycles. The van der Waals surface area contributed by atoms with Crippen molar-refractivity contribution in [2.75, 3.05) is 23.4 Å². The van der Waals surface area contributed by atoms with Crippen molar-refractivity contribution in [2.45, 2.75) is 37.8 Å². The number of aromatic nitrogens is 1.